The molecule has 0 unspecified atom stereocenters. The van der Waals surface area contributed by atoms with Crippen LogP contribution in [0.1, 0.15) is 45.1 Å². The number of likely N-dealkylation sites (tertiary alicyclic amines) is 1. The minimum atomic E-state index is 0.863. The van der Waals surface area contributed by atoms with Crippen LogP contribution in [-0.2, 0) is 6.54 Å². The van der Waals surface area contributed by atoms with Crippen LogP contribution in [0.15, 0.2) is 24.3 Å². The van der Waals surface area contributed by atoms with E-state index in [2.05, 4.69) is 71.8 Å². The van der Waals surface area contributed by atoms with E-state index in [4.69, 9.17) is 0 Å². The van der Waals surface area contributed by atoms with Gasteiger partial charge < -0.3 is 19.6 Å². The molecule has 4 nitrogen and oxygen atoms in total. The summed E-state index contributed by atoms with van der Waals surface area (Å²) in [6, 6.07) is 9.32. The van der Waals surface area contributed by atoms with Crippen molar-refractivity contribution < 1.29 is 0 Å². The van der Waals surface area contributed by atoms with Crippen LogP contribution in [0.3, 0.4) is 0 Å². The number of nitrogens with zero attached hydrogens (tertiary/aromatic N) is 4. The van der Waals surface area contributed by atoms with E-state index in [1.165, 1.54) is 76.2 Å². The van der Waals surface area contributed by atoms with Gasteiger partial charge in [0.2, 0.25) is 0 Å². The summed E-state index contributed by atoms with van der Waals surface area (Å²) < 4.78 is 0. The van der Waals surface area contributed by atoms with Crippen molar-refractivity contribution in [3.63, 3.8) is 0 Å². The summed E-state index contributed by atoms with van der Waals surface area (Å²) in [6.45, 7) is 15.5. The van der Waals surface area contributed by atoms with E-state index in [-0.39, 0.29) is 0 Å². The summed E-state index contributed by atoms with van der Waals surface area (Å²) in [5.41, 5.74) is 2.82. The molecular weight excluding hydrogens is 356 g/mol. The second-order valence-electron chi connectivity index (χ2n) is 9.58. The van der Waals surface area contributed by atoms with E-state index >= 15 is 0 Å². The molecule has 1 aromatic rings. The van der Waals surface area contributed by atoms with Gasteiger partial charge in [-0.2, -0.15) is 0 Å². The van der Waals surface area contributed by atoms with Gasteiger partial charge in [-0.3, -0.25) is 0 Å². The van der Waals surface area contributed by atoms with E-state index < -0.39 is 0 Å². The summed E-state index contributed by atoms with van der Waals surface area (Å²) >= 11 is 0. The number of anilines is 1. The first-order valence-corrected chi connectivity index (χ1v) is 12.0. The van der Waals surface area contributed by atoms with Crippen LogP contribution in [0.5, 0.6) is 0 Å². The number of hydrogen-bond acceptors (Lipinski definition) is 4. The average Bonchev–Trinajstić information content (AvgIpc) is 2.74. The van der Waals surface area contributed by atoms with Crippen LogP contribution in [0, 0.1) is 11.8 Å². The molecule has 164 valence electrons. The fraction of sp³-hybridized carbons (Fsp3) is 0.760. The molecule has 2 fully saturated rings. The maximum Gasteiger partial charge on any atom is 0.0367 e. The van der Waals surface area contributed by atoms with Gasteiger partial charge in [0.15, 0.2) is 0 Å². The van der Waals surface area contributed by atoms with Crippen LogP contribution in [0.25, 0.3) is 0 Å². The summed E-state index contributed by atoms with van der Waals surface area (Å²) in [5.74, 6) is 1.76. The lowest BCUT2D eigenvalue weighted by atomic mass is 9.94. The standard InChI is InChI=1S/C25H44N4/c1-5-22(6-2)21-28-13-11-24(12-14-28)20-27(4)19-23-7-9-25(10-8-23)29-17-15-26(3)16-18-29/h7-10,22,24H,5-6,11-21H2,1-4H3. The molecule has 0 amide bonds. The van der Waals surface area contributed by atoms with Gasteiger partial charge in [-0.05, 0) is 69.6 Å². The SMILES string of the molecule is CCC(CC)CN1CCC(CN(C)Cc2ccc(N3CCN(C)CC3)cc2)CC1. The highest BCUT2D eigenvalue weighted by Crippen LogP contribution is 2.22. The third kappa shape index (κ3) is 6.97. The van der Waals surface area contributed by atoms with Gasteiger partial charge in [-0.15, -0.1) is 0 Å². The molecule has 0 N–H and O–H groups in total. The van der Waals surface area contributed by atoms with E-state index in [9.17, 15) is 0 Å². The van der Waals surface area contributed by atoms with Crippen LogP contribution < -0.4 is 4.90 Å². The highest BCUT2D eigenvalue weighted by molar-refractivity contribution is 5.48. The molecule has 0 aliphatic carbocycles. The lowest BCUT2D eigenvalue weighted by Gasteiger charge is -2.35. The van der Waals surface area contributed by atoms with Crippen molar-refractivity contribution in [3.05, 3.63) is 29.8 Å². The third-order valence-electron chi connectivity index (χ3n) is 7.21. The maximum absolute atomic E-state index is 2.71. The van der Waals surface area contributed by atoms with E-state index in [1.54, 1.807) is 0 Å². The third-order valence-corrected chi connectivity index (χ3v) is 7.21. The van der Waals surface area contributed by atoms with Crippen molar-refractivity contribution in [3.8, 4) is 0 Å². The lowest BCUT2D eigenvalue weighted by Crippen LogP contribution is -2.44. The highest BCUT2D eigenvalue weighted by Gasteiger charge is 2.22. The predicted octanol–water partition coefficient (Wildman–Crippen LogP) is 4.02. The van der Waals surface area contributed by atoms with Crippen molar-refractivity contribution in [2.24, 2.45) is 11.8 Å². The molecule has 2 saturated heterocycles. The molecule has 1 aromatic carbocycles. The summed E-state index contributed by atoms with van der Waals surface area (Å²) in [5, 5.41) is 0. The highest BCUT2D eigenvalue weighted by atomic mass is 15.2. The van der Waals surface area contributed by atoms with Gasteiger partial charge >= 0.3 is 0 Å². The van der Waals surface area contributed by atoms with E-state index in [1.807, 2.05) is 0 Å². The van der Waals surface area contributed by atoms with Crippen LogP contribution in [0.2, 0.25) is 0 Å². The Kier molecular flexibility index (Phi) is 8.83. The summed E-state index contributed by atoms with van der Waals surface area (Å²) in [6.07, 6.45) is 5.39. The Morgan fingerprint density at radius 1 is 0.931 bits per heavy atom. The Balaban J connectivity index is 1.39. The molecule has 3 rings (SSSR count). The quantitative estimate of drug-likeness (QED) is 0.621. The number of rotatable bonds is 9. The topological polar surface area (TPSA) is 13.0 Å². The lowest BCUT2D eigenvalue weighted by molar-refractivity contribution is 0.134. The van der Waals surface area contributed by atoms with Gasteiger partial charge in [0.25, 0.3) is 0 Å². The normalized spacial score (nSPS) is 20.1. The monoisotopic (exact) mass is 400 g/mol. The van der Waals surface area contributed by atoms with Crippen molar-refractivity contribution in [1.29, 1.82) is 0 Å². The molecule has 2 aliphatic heterocycles. The Morgan fingerprint density at radius 3 is 2.14 bits per heavy atom. The van der Waals surface area contributed by atoms with Crippen molar-refractivity contribution in [2.75, 3.05) is 71.4 Å². The van der Waals surface area contributed by atoms with Crippen LogP contribution >= 0.6 is 0 Å². The smallest absolute Gasteiger partial charge is 0.0367 e. The van der Waals surface area contributed by atoms with Gasteiger partial charge in [0, 0.05) is 51.5 Å². The Hall–Kier alpha value is -1.10. The Morgan fingerprint density at radius 2 is 1.55 bits per heavy atom. The number of hydrogen-bond donors (Lipinski definition) is 0. The van der Waals surface area contributed by atoms with Crippen LogP contribution in [-0.4, -0.2) is 81.2 Å². The van der Waals surface area contributed by atoms with Gasteiger partial charge in [0.1, 0.15) is 0 Å². The number of benzene rings is 1. The van der Waals surface area contributed by atoms with Crippen LogP contribution in [0.4, 0.5) is 5.69 Å². The first kappa shape index (κ1) is 22.6. The second kappa shape index (κ2) is 11.3. The average molecular weight is 401 g/mol. The van der Waals surface area contributed by atoms with Gasteiger partial charge in [-0.1, -0.05) is 38.8 Å². The first-order chi connectivity index (χ1) is 14.1. The van der Waals surface area contributed by atoms with Crippen molar-refractivity contribution in [2.45, 2.75) is 46.1 Å². The first-order valence-electron chi connectivity index (χ1n) is 12.0. The van der Waals surface area contributed by atoms with E-state index in [0.717, 1.165) is 31.5 Å². The number of likely N-dealkylation sites (N-methyl/N-ethyl adjacent to an activating group) is 1. The molecule has 0 atom stereocenters. The molecule has 0 spiro atoms. The Labute approximate surface area is 179 Å². The molecule has 2 heterocycles. The van der Waals surface area contributed by atoms with Gasteiger partial charge in [-0.25, -0.2) is 0 Å². The molecule has 29 heavy (non-hydrogen) atoms. The molecular formula is C25H44N4. The largest absolute Gasteiger partial charge is 0.369 e. The minimum absolute atomic E-state index is 0.863. The summed E-state index contributed by atoms with van der Waals surface area (Å²) in [4.78, 5) is 10.2. The molecule has 0 saturated carbocycles. The fourth-order valence-electron chi connectivity index (χ4n) is 4.96. The van der Waals surface area contributed by atoms with E-state index in [0.29, 0.717) is 0 Å². The zero-order valence-corrected chi connectivity index (χ0v) is 19.4. The zero-order chi connectivity index (χ0) is 20.6. The molecule has 0 radical (unpaired) electrons. The zero-order valence-electron chi connectivity index (χ0n) is 19.4. The maximum atomic E-state index is 2.71. The predicted molar refractivity (Wildman–Crippen MR) is 126 cm³/mol. The molecule has 0 aromatic heterocycles. The Bertz CT molecular complexity index is 567. The number of piperazine rings is 1. The molecule has 0 bridgehead atoms. The summed E-state index contributed by atoms with van der Waals surface area (Å²) in [7, 11) is 4.51. The van der Waals surface area contributed by atoms with Crippen molar-refractivity contribution >= 4 is 5.69 Å². The molecule has 4 heteroatoms. The second-order valence-corrected chi connectivity index (χ2v) is 9.58. The number of piperidine rings is 1. The van der Waals surface area contributed by atoms with Gasteiger partial charge in [0.05, 0.1) is 0 Å². The minimum Gasteiger partial charge on any atom is -0.369 e. The fourth-order valence-corrected chi connectivity index (χ4v) is 4.96. The molecule has 2 aliphatic rings. The van der Waals surface area contributed by atoms with Crippen molar-refractivity contribution in [1.82, 2.24) is 14.7 Å².